The zero-order valence-corrected chi connectivity index (χ0v) is 33.5. The van der Waals surface area contributed by atoms with Gasteiger partial charge in [-0.3, -0.25) is 29.1 Å². The zero-order chi connectivity index (χ0) is 39.4. The summed E-state index contributed by atoms with van der Waals surface area (Å²) in [7, 11) is 0. The number of ketones is 1. The van der Waals surface area contributed by atoms with Gasteiger partial charge in [-0.1, -0.05) is 76.8 Å². The van der Waals surface area contributed by atoms with Crippen molar-refractivity contribution in [2.75, 3.05) is 31.2 Å². The maximum Gasteiger partial charge on any atom is 0.407 e. The molecular weight excluding hydrogens is 745 g/mol. The number of alkyl carbamates (subject to hydrolysis) is 1. The Hall–Kier alpha value is -4.12. The van der Waals surface area contributed by atoms with Crippen LogP contribution in [0.15, 0.2) is 36.7 Å². The van der Waals surface area contributed by atoms with E-state index < -0.39 is 64.4 Å². The van der Waals surface area contributed by atoms with Crippen LogP contribution in [0.5, 0.6) is 0 Å². The molecule has 2 aliphatic heterocycles. The highest BCUT2D eigenvalue weighted by Crippen LogP contribution is 2.50. The van der Waals surface area contributed by atoms with Crippen LogP contribution in [0, 0.1) is 11.8 Å². The summed E-state index contributed by atoms with van der Waals surface area (Å²) in [4.78, 5) is 87.3. The second-order valence-electron chi connectivity index (χ2n) is 14.8. The number of aromatic nitrogens is 3. The van der Waals surface area contributed by atoms with Gasteiger partial charge in [-0.25, -0.2) is 9.78 Å². The number of aromatic amines is 1. The molecular formula is C38H54N8O7S2. The zero-order valence-electron chi connectivity index (χ0n) is 31.8. The SMILES string of the molecule is CCCC(NC(=O)[C@@H]1CC2(CN1C(=O)[C@H](NC(=O)OCC(C)C)C1CCCCC1)SCCCS2)C(=O)C(=O)NCC(=O)NC(c1ccccc1)c1ncn[nH]1. The molecule has 3 heterocycles. The third-order valence-corrected chi connectivity index (χ3v) is 13.4. The van der Waals surface area contributed by atoms with E-state index in [1.165, 1.54) is 6.33 Å². The molecule has 0 bridgehead atoms. The van der Waals surface area contributed by atoms with Gasteiger partial charge in [0.15, 0.2) is 5.82 Å². The largest absolute Gasteiger partial charge is 0.449 e. The molecule has 1 aromatic carbocycles. The first kappa shape index (κ1) is 42.0. The Morgan fingerprint density at radius 1 is 0.982 bits per heavy atom. The van der Waals surface area contributed by atoms with E-state index in [0.29, 0.717) is 25.2 Å². The summed E-state index contributed by atoms with van der Waals surface area (Å²) in [6.07, 6.45) is 7.19. The van der Waals surface area contributed by atoms with E-state index in [1.54, 1.807) is 28.4 Å². The Morgan fingerprint density at radius 2 is 1.71 bits per heavy atom. The molecule has 2 saturated heterocycles. The second kappa shape index (κ2) is 20.2. The summed E-state index contributed by atoms with van der Waals surface area (Å²) in [5, 5.41) is 17.5. The standard InChI is InChI=1S/C38H54N8O7S2/c1-4-12-27(32(48)35(50)39-20-29(47)43-30(33-40-23-41-45-33)25-13-7-5-8-14-25)42-34(49)28-19-38(54-17-11-18-55-38)22-46(28)36(51)31(26-15-9-6-10-16-26)44-37(52)53-21-24(2)3/h5,7-8,13-14,23-24,26-28,30-31H,4,6,9-12,15-22H2,1-3H3,(H,39,50)(H,42,49)(H,43,47)(H,44,52)(H,40,41,45)/t27?,28-,30?,31+/m0/s1. The number of nitrogens with zero attached hydrogens (tertiary/aromatic N) is 3. The molecule has 5 amide bonds. The van der Waals surface area contributed by atoms with Crippen molar-refractivity contribution in [1.82, 2.24) is 41.3 Å². The average Bonchev–Trinajstić information content (AvgIpc) is 3.86. The lowest BCUT2D eigenvalue weighted by molar-refractivity contribution is -0.143. The monoisotopic (exact) mass is 798 g/mol. The van der Waals surface area contributed by atoms with Crippen molar-refractivity contribution in [2.45, 2.75) is 107 Å². The van der Waals surface area contributed by atoms with Crippen LogP contribution >= 0.6 is 23.5 Å². The van der Waals surface area contributed by atoms with Gasteiger partial charge in [-0.05, 0) is 54.6 Å². The molecule has 5 rings (SSSR count). The van der Waals surface area contributed by atoms with Crippen molar-refractivity contribution in [3.63, 3.8) is 0 Å². The van der Waals surface area contributed by atoms with Gasteiger partial charge in [-0.15, -0.1) is 23.5 Å². The number of rotatable bonds is 16. The van der Waals surface area contributed by atoms with Gasteiger partial charge >= 0.3 is 6.09 Å². The van der Waals surface area contributed by atoms with Gasteiger partial charge in [0.25, 0.3) is 5.91 Å². The fourth-order valence-corrected chi connectivity index (χ4v) is 10.7. The molecule has 0 radical (unpaired) electrons. The third-order valence-electron chi connectivity index (χ3n) is 10.1. The van der Waals surface area contributed by atoms with Crippen molar-refractivity contribution in [1.29, 1.82) is 0 Å². The number of H-pyrrole nitrogens is 1. The Balaban J connectivity index is 1.27. The highest BCUT2D eigenvalue weighted by atomic mass is 32.2. The minimum Gasteiger partial charge on any atom is -0.449 e. The topological polar surface area (TPSA) is 205 Å². The summed E-state index contributed by atoms with van der Waals surface area (Å²) < 4.78 is 5.01. The van der Waals surface area contributed by atoms with Crippen LogP contribution in [0.1, 0.15) is 96.0 Å². The normalized spacial score (nSPS) is 19.9. The second-order valence-corrected chi connectivity index (χ2v) is 18.1. The highest BCUT2D eigenvalue weighted by Gasteiger charge is 2.52. The van der Waals surface area contributed by atoms with Crippen molar-refractivity contribution in [3.05, 3.63) is 48.0 Å². The first-order chi connectivity index (χ1) is 26.5. The van der Waals surface area contributed by atoms with Crippen molar-refractivity contribution in [3.8, 4) is 0 Å². The fraction of sp³-hybridized carbons (Fsp3) is 0.632. The number of ether oxygens (including phenoxy) is 1. The molecule has 1 saturated carbocycles. The molecule has 17 heteroatoms. The van der Waals surface area contributed by atoms with Crippen LogP contribution in [0.3, 0.4) is 0 Å². The van der Waals surface area contributed by atoms with Crippen LogP contribution < -0.4 is 21.3 Å². The van der Waals surface area contributed by atoms with E-state index in [1.807, 2.05) is 51.1 Å². The number of benzene rings is 1. The number of hydrogen-bond donors (Lipinski definition) is 5. The number of hydrogen-bond acceptors (Lipinski definition) is 11. The molecule has 300 valence electrons. The summed E-state index contributed by atoms with van der Waals surface area (Å²) in [5.74, 6) is -1.13. The maximum absolute atomic E-state index is 14.6. The lowest BCUT2D eigenvalue weighted by Gasteiger charge is -2.35. The lowest BCUT2D eigenvalue weighted by atomic mass is 9.83. The molecule has 1 spiro atoms. The molecule has 55 heavy (non-hydrogen) atoms. The molecule has 3 fully saturated rings. The summed E-state index contributed by atoms with van der Waals surface area (Å²) in [6.45, 7) is 5.73. The summed E-state index contributed by atoms with van der Waals surface area (Å²) >= 11 is 3.48. The van der Waals surface area contributed by atoms with Crippen molar-refractivity contribution < 1.29 is 33.5 Å². The molecule has 2 unspecified atom stereocenters. The highest BCUT2D eigenvalue weighted by molar-refractivity contribution is 8.18. The Morgan fingerprint density at radius 3 is 2.36 bits per heavy atom. The third kappa shape index (κ3) is 11.5. The van der Waals surface area contributed by atoms with Crippen LogP contribution in [0.2, 0.25) is 0 Å². The smallest absolute Gasteiger partial charge is 0.407 e. The number of likely N-dealkylation sites (tertiary alicyclic amines) is 1. The number of carbonyl (C=O) groups is 6. The number of Topliss-reactive ketones (excluding diaryl/α,β-unsaturated/α-hetero) is 1. The minimum atomic E-state index is -1.18. The first-order valence-corrected chi connectivity index (χ1v) is 21.3. The Labute approximate surface area is 330 Å². The molecule has 2 aromatic rings. The molecule has 15 nitrogen and oxygen atoms in total. The summed E-state index contributed by atoms with van der Waals surface area (Å²) in [5.41, 5.74) is 0.735. The number of nitrogens with one attached hydrogen (secondary N) is 5. The molecule has 1 aliphatic carbocycles. The molecule has 3 aliphatic rings. The average molecular weight is 799 g/mol. The van der Waals surface area contributed by atoms with Gasteiger partial charge in [0, 0.05) is 13.0 Å². The van der Waals surface area contributed by atoms with Crippen LogP contribution in [-0.2, 0) is 28.7 Å². The van der Waals surface area contributed by atoms with Crippen LogP contribution in [-0.4, -0.2) is 109 Å². The minimum absolute atomic E-state index is 0.103. The number of carbonyl (C=O) groups excluding carboxylic acids is 6. The van der Waals surface area contributed by atoms with Crippen molar-refractivity contribution >= 4 is 59.0 Å². The maximum atomic E-state index is 14.6. The fourth-order valence-electron chi connectivity index (χ4n) is 7.32. The van der Waals surface area contributed by atoms with Gasteiger partial charge in [0.1, 0.15) is 24.5 Å². The first-order valence-electron chi connectivity index (χ1n) is 19.3. The van der Waals surface area contributed by atoms with Gasteiger partial charge in [0.2, 0.25) is 23.5 Å². The van der Waals surface area contributed by atoms with E-state index in [2.05, 4.69) is 36.4 Å². The van der Waals surface area contributed by atoms with E-state index in [4.69, 9.17) is 4.74 Å². The van der Waals surface area contributed by atoms with Crippen LogP contribution in [0.4, 0.5) is 4.79 Å². The molecule has 4 atom stereocenters. The molecule has 5 N–H and O–H groups in total. The van der Waals surface area contributed by atoms with Gasteiger partial charge < -0.3 is 30.9 Å². The van der Waals surface area contributed by atoms with E-state index >= 15 is 0 Å². The number of thioether (sulfide) groups is 2. The lowest BCUT2D eigenvalue weighted by Crippen LogP contribution is -2.58. The van der Waals surface area contributed by atoms with Gasteiger partial charge in [-0.2, -0.15) is 5.10 Å². The van der Waals surface area contributed by atoms with Gasteiger partial charge in [0.05, 0.1) is 23.3 Å². The predicted octanol–water partition coefficient (Wildman–Crippen LogP) is 3.48. The summed E-state index contributed by atoms with van der Waals surface area (Å²) in [6, 6.07) is 5.48. The number of amides is 5. The van der Waals surface area contributed by atoms with E-state index in [9.17, 15) is 28.8 Å². The Kier molecular flexibility index (Phi) is 15.4. The predicted molar refractivity (Wildman–Crippen MR) is 210 cm³/mol. The van der Waals surface area contributed by atoms with E-state index in [0.717, 1.165) is 55.6 Å². The van der Waals surface area contributed by atoms with E-state index in [-0.39, 0.29) is 30.8 Å². The molecule has 1 aromatic heterocycles. The Bertz CT molecular complexity index is 1620. The van der Waals surface area contributed by atoms with Crippen LogP contribution in [0.25, 0.3) is 0 Å². The quantitative estimate of drug-likeness (QED) is 0.156. The van der Waals surface area contributed by atoms with Crippen molar-refractivity contribution in [2.24, 2.45) is 11.8 Å².